The van der Waals surface area contributed by atoms with Crippen LogP contribution in [0.15, 0.2) is 18.2 Å². The number of carbonyl (C=O) groups excluding carboxylic acids is 1. The van der Waals surface area contributed by atoms with Gasteiger partial charge in [-0.15, -0.1) is 0 Å². The summed E-state index contributed by atoms with van der Waals surface area (Å²) < 4.78 is 0. The quantitative estimate of drug-likeness (QED) is 0.572. The van der Waals surface area contributed by atoms with E-state index < -0.39 is 0 Å². The molecular weight excluding hydrogens is 270 g/mol. The first kappa shape index (κ1) is 16.9. The van der Waals surface area contributed by atoms with Crippen LogP contribution >= 0.6 is 11.8 Å². The van der Waals surface area contributed by atoms with Crippen LogP contribution in [0, 0.1) is 6.92 Å². The van der Waals surface area contributed by atoms with E-state index in [1.165, 1.54) is 0 Å². The predicted molar refractivity (Wildman–Crippen MR) is 89.3 cm³/mol. The summed E-state index contributed by atoms with van der Waals surface area (Å²) in [5, 5.41) is 2.91. The number of nitrogen functional groups attached to an aromatic ring is 1. The predicted octanol–water partition coefficient (Wildman–Crippen LogP) is 2.59. The van der Waals surface area contributed by atoms with Crippen LogP contribution in [-0.4, -0.2) is 41.9 Å². The van der Waals surface area contributed by atoms with Gasteiger partial charge in [-0.3, -0.25) is 4.79 Å². The number of amides is 1. The summed E-state index contributed by atoms with van der Waals surface area (Å²) in [4.78, 5) is 14.2. The Bertz CT molecular complexity index is 433. The fourth-order valence-corrected chi connectivity index (χ4v) is 2.65. The van der Waals surface area contributed by atoms with Crippen molar-refractivity contribution < 1.29 is 4.79 Å². The highest BCUT2D eigenvalue weighted by molar-refractivity contribution is 7.99. The molecular formula is C15H25N3OS. The Morgan fingerprint density at radius 2 is 2.05 bits per heavy atom. The van der Waals surface area contributed by atoms with E-state index in [4.69, 9.17) is 5.73 Å². The molecule has 4 nitrogen and oxygen atoms in total. The lowest BCUT2D eigenvalue weighted by molar-refractivity contribution is -0.113. The van der Waals surface area contributed by atoms with E-state index >= 15 is 0 Å². The summed E-state index contributed by atoms with van der Waals surface area (Å²) in [5.41, 5.74) is 8.23. The SMILES string of the molecule is CCN(CC)CCSCC(=O)Nc1cc(N)ccc1C. The maximum absolute atomic E-state index is 11.9. The molecule has 0 unspecified atom stereocenters. The van der Waals surface area contributed by atoms with Gasteiger partial charge in [0.15, 0.2) is 0 Å². The normalized spacial score (nSPS) is 10.8. The lowest BCUT2D eigenvalue weighted by atomic mass is 10.2. The van der Waals surface area contributed by atoms with Crippen molar-refractivity contribution in [1.29, 1.82) is 0 Å². The van der Waals surface area contributed by atoms with Gasteiger partial charge in [-0.05, 0) is 37.7 Å². The van der Waals surface area contributed by atoms with Gasteiger partial charge >= 0.3 is 0 Å². The third-order valence-electron chi connectivity index (χ3n) is 3.22. The molecule has 0 aliphatic carbocycles. The van der Waals surface area contributed by atoms with Crippen LogP contribution in [0.4, 0.5) is 11.4 Å². The molecule has 0 fully saturated rings. The number of nitrogens with one attached hydrogen (secondary N) is 1. The maximum Gasteiger partial charge on any atom is 0.234 e. The van der Waals surface area contributed by atoms with Gasteiger partial charge < -0.3 is 16.0 Å². The Balaban J connectivity index is 2.32. The summed E-state index contributed by atoms with van der Waals surface area (Å²) in [7, 11) is 0. The molecule has 0 saturated carbocycles. The van der Waals surface area contributed by atoms with Gasteiger partial charge in [-0.2, -0.15) is 11.8 Å². The van der Waals surface area contributed by atoms with Crippen LogP contribution < -0.4 is 11.1 Å². The van der Waals surface area contributed by atoms with Crippen LogP contribution in [-0.2, 0) is 4.79 Å². The fraction of sp³-hybridized carbons (Fsp3) is 0.533. The first-order chi connectivity index (χ1) is 9.56. The van der Waals surface area contributed by atoms with Gasteiger partial charge in [0.25, 0.3) is 0 Å². The molecule has 0 bridgehead atoms. The topological polar surface area (TPSA) is 58.4 Å². The van der Waals surface area contributed by atoms with Gasteiger partial charge in [0.05, 0.1) is 5.75 Å². The van der Waals surface area contributed by atoms with Crippen LogP contribution in [0.5, 0.6) is 0 Å². The van der Waals surface area contributed by atoms with Crippen molar-refractivity contribution in [3.8, 4) is 0 Å². The number of nitrogens with two attached hydrogens (primary N) is 1. The zero-order valence-electron chi connectivity index (χ0n) is 12.6. The summed E-state index contributed by atoms with van der Waals surface area (Å²) in [6.45, 7) is 9.43. The van der Waals surface area contributed by atoms with E-state index in [1.807, 2.05) is 19.1 Å². The molecule has 0 aromatic heterocycles. The monoisotopic (exact) mass is 295 g/mol. The van der Waals surface area contributed by atoms with Crippen LogP contribution in [0.25, 0.3) is 0 Å². The molecule has 0 aliphatic heterocycles. The highest BCUT2D eigenvalue weighted by Gasteiger charge is 2.06. The summed E-state index contributed by atoms with van der Waals surface area (Å²) >= 11 is 1.66. The number of thioether (sulfide) groups is 1. The van der Waals surface area contributed by atoms with Gasteiger partial charge in [0.2, 0.25) is 5.91 Å². The molecule has 0 heterocycles. The third kappa shape index (κ3) is 5.84. The van der Waals surface area contributed by atoms with Crippen LogP contribution in [0.2, 0.25) is 0 Å². The highest BCUT2D eigenvalue weighted by Crippen LogP contribution is 2.18. The standard InChI is InChI=1S/C15H25N3OS/c1-4-18(5-2)8-9-20-11-15(19)17-14-10-13(16)7-6-12(14)3/h6-7,10H,4-5,8-9,11,16H2,1-3H3,(H,17,19). The van der Waals surface area contributed by atoms with Crippen molar-refractivity contribution in [2.45, 2.75) is 20.8 Å². The number of aryl methyl sites for hydroxylation is 1. The Kier molecular flexibility index (Phi) is 7.47. The molecule has 0 spiro atoms. The van der Waals surface area contributed by atoms with Crippen molar-refractivity contribution >= 4 is 29.0 Å². The average Bonchev–Trinajstić information content (AvgIpc) is 2.43. The summed E-state index contributed by atoms with van der Waals surface area (Å²) in [6.07, 6.45) is 0. The largest absolute Gasteiger partial charge is 0.399 e. The Hall–Kier alpha value is -1.20. The molecule has 0 radical (unpaired) electrons. The number of carbonyl (C=O) groups is 1. The number of hydrogen-bond acceptors (Lipinski definition) is 4. The van der Waals surface area contributed by atoms with Gasteiger partial charge in [-0.1, -0.05) is 19.9 Å². The minimum atomic E-state index is 0.0308. The lowest BCUT2D eigenvalue weighted by Gasteiger charge is -2.17. The Morgan fingerprint density at radius 1 is 1.35 bits per heavy atom. The molecule has 1 amide bonds. The van der Waals surface area contributed by atoms with E-state index in [-0.39, 0.29) is 5.91 Å². The third-order valence-corrected chi connectivity index (χ3v) is 4.15. The van der Waals surface area contributed by atoms with Crippen molar-refractivity contribution in [2.75, 3.05) is 42.2 Å². The number of benzene rings is 1. The number of nitrogens with zero attached hydrogens (tertiary/aromatic N) is 1. The summed E-state index contributed by atoms with van der Waals surface area (Å²) in [5.74, 6) is 1.49. The van der Waals surface area contributed by atoms with Crippen molar-refractivity contribution in [3.05, 3.63) is 23.8 Å². The number of anilines is 2. The molecule has 112 valence electrons. The van der Waals surface area contributed by atoms with E-state index in [1.54, 1.807) is 17.8 Å². The Morgan fingerprint density at radius 3 is 2.70 bits per heavy atom. The number of hydrogen-bond donors (Lipinski definition) is 2. The minimum absolute atomic E-state index is 0.0308. The molecule has 0 atom stereocenters. The van der Waals surface area contributed by atoms with E-state index in [2.05, 4.69) is 24.1 Å². The zero-order chi connectivity index (χ0) is 15.0. The van der Waals surface area contributed by atoms with Gasteiger partial charge in [0.1, 0.15) is 0 Å². The first-order valence-electron chi connectivity index (χ1n) is 7.02. The second-order valence-corrected chi connectivity index (χ2v) is 5.81. The van der Waals surface area contributed by atoms with E-state index in [0.717, 1.165) is 36.6 Å². The van der Waals surface area contributed by atoms with Crippen molar-refractivity contribution in [2.24, 2.45) is 0 Å². The molecule has 3 N–H and O–H groups in total. The first-order valence-corrected chi connectivity index (χ1v) is 8.18. The average molecular weight is 295 g/mol. The highest BCUT2D eigenvalue weighted by atomic mass is 32.2. The second kappa shape index (κ2) is 8.87. The zero-order valence-corrected chi connectivity index (χ0v) is 13.4. The smallest absolute Gasteiger partial charge is 0.234 e. The summed E-state index contributed by atoms with van der Waals surface area (Å²) in [6, 6.07) is 5.55. The fourth-order valence-electron chi connectivity index (χ4n) is 1.86. The molecule has 0 aliphatic rings. The second-order valence-electron chi connectivity index (χ2n) is 4.70. The molecule has 5 heteroatoms. The van der Waals surface area contributed by atoms with Crippen LogP contribution in [0.3, 0.4) is 0 Å². The van der Waals surface area contributed by atoms with Crippen molar-refractivity contribution in [1.82, 2.24) is 4.90 Å². The lowest BCUT2D eigenvalue weighted by Crippen LogP contribution is -2.26. The van der Waals surface area contributed by atoms with E-state index in [9.17, 15) is 4.79 Å². The maximum atomic E-state index is 11.9. The molecule has 20 heavy (non-hydrogen) atoms. The molecule has 0 saturated heterocycles. The minimum Gasteiger partial charge on any atom is -0.399 e. The molecule has 1 rings (SSSR count). The molecule has 1 aromatic rings. The Labute approximate surface area is 126 Å². The molecule has 1 aromatic carbocycles. The van der Waals surface area contributed by atoms with Gasteiger partial charge in [-0.25, -0.2) is 0 Å². The van der Waals surface area contributed by atoms with Gasteiger partial charge in [0, 0.05) is 23.7 Å². The van der Waals surface area contributed by atoms with E-state index in [0.29, 0.717) is 11.4 Å². The number of rotatable bonds is 8. The van der Waals surface area contributed by atoms with Crippen LogP contribution in [0.1, 0.15) is 19.4 Å². The van der Waals surface area contributed by atoms with Crippen molar-refractivity contribution in [3.63, 3.8) is 0 Å².